The normalized spacial score (nSPS) is 42.1. The van der Waals surface area contributed by atoms with Crippen molar-refractivity contribution in [2.45, 2.75) is 70.0 Å². The van der Waals surface area contributed by atoms with Gasteiger partial charge in [-0.15, -0.1) is 0 Å². The van der Waals surface area contributed by atoms with Gasteiger partial charge in [-0.2, -0.15) is 5.10 Å². The molecule has 3 heterocycles. The third-order valence-electron chi connectivity index (χ3n) is 3.59. The molecule has 0 saturated carbocycles. The van der Waals surface area contributed by atoms with Crippen molar-refractivity contribution in [2.75, 3.05) is 0 Å². The molecule has 0 spiro atoms. The van der Waals surface area contributed by atoms with Gasteiger partial charge >= 0.3 is 0 Å². The Labute approximate surface area is 134 Å². The summed E-state index contributed by atoms with van der Waals surface area (Å²) in [7, 11) is 0. The first-order valence-electron chi connectivity index (χ1n) is 7.12. The molecule has 0 radical (unpaired) electrons. The van der Waals surface area contributed by atoms with E-state index in [2.05, 4.69) is 10.5 Å². The van der Waals surface area contributed by atoms with E-state index in [0.717, 1.165) is 0 Å². The van der Waals surface area contributed by atoms with Gasteiger partial charge in [-0.25, -0.2) is 0 Å². The summed E-state index contributed by atoms with van der Waals surface area (Å²) in [5.74, 6) is -1.47. The van der Waals surface area contributed by atoms with Gasteiger partial charge < -0.3 is 29.4 Å². The molecule has 0 aromatic rings. The van der Waals surface area contributed by atoms with Gasteiger partial charge in [-0.3, -0.25) is 5.43 Å². The number of ether oxygens (including phenoxy) is 5. The summed E-state index contributed by atoms with van der Waals surface area (Å²) >= 11 is 4.71. The molecule has 3 aliphatic heterocycles. The number of rotatable bonds is 2. The van der Waals surface area contributed by atoms with Crippen LogP contribution in [0.15, 0.2) is 5.10 Å². The Morgan fingerprint density at radius 1 is 1.05 bits per heavy atom. The summed E-state index contributed by atoms with van der Waals surface area (Å²) < 4.78 is 29.5. The molecule has 0 unspecified atom stereocenters. The predicted octanol–water partition coefficient (Wildman–Crippen LogP) is 0.202. The highest BCUT2D eigenvalue weighted by Crippen LogP contribution is 2.43. The molecule has 3 N–H and O–H groups in total. The van der Waals surface area contributed by atoms with E-state index < -0.39 is 24.0 Å². The Morgan fingerprint density at radius 2 is 1.64 bits per heavy atom. The molecule has 0 bridgehead atoms. The molecule has 0 aromatic heterocycles. The molecule has 0 aliphatic carbocycles. The molecule has 22 heavy (non-hydrogen) atoms. The monoisotopic (exact) mass is 331 g/mol. The topological polar surface area (TPSA) is 96.6 Å². The zero-order valence-electron chi connectivity index (χ0n) is 12.9. The largest absolute Gasteiger partial charge is 0.375 e. The number of hydrogen-bond acceptors (Lipinski definition) is 7. The Kier molecular flexibility index (Phi) is 3.91. The van der Waals surface area contributed by atoms with Gasteiger partial charge in [-0.05, 0) is 39.9 Å². The fourth-order valence-electron chi connectivity index (χ4n) is 2.94. The lowest BCUT2D eigenvalue weighted by Gasteiger charge is -2.35. The average molecular weight is 331 g/mol. The summed E-state index contributed by atoms with van der Waals surface area (Å²) in [6.45, 7) is 7.37. The second-order valence-corrected chi connectivity index (χ2v) is 6.83. The van der Waals surface area contributed by atoms with Gasteiger partial charge in [0.15, 0.2) is 23.0 Å². The number of fused-ring (bicyclic) bond motifs is 3. The zero-order valence-corrected chi connectivity index (χ0v) is 13.8. The van der Waals surface area contributed by atoms with E-state index in [1.54, 1.807) is 6.21 Å². The first kappa shape index (κ1) is 16.0. The summed E-state index contributed by atoms with van der Waals surface area (Å²) in [4.78, 5) is 0. The SMILES string of the molecule is CC1(C)O[C@H]2[C@@H](O1)[C@@H](/C=N\NC(N)=S)O[C@@H]1OC(C)(C)O[C@@H]12. The van der Waals surface area contributed by atoms with Crippen molar-refractivity contribution in [3.05, 3.63) is 0 Å². The van der Waals surface area contributed by atoms with Crippen LogP contribution in [0.2, 0.25) is 0 Å². The number of thiocarbonyl (C=S) groups is 1. The lowest BCUT2D eigenvalue weighted by atomic mass is 10.00. The van der Waals surface area contributed by atoms with Gasteiger partial charge in [-0.1, -0.05) is 0 Å². The standard InChI is InChI=1S/C13H21N3O5S/c1-12(2)18-7-6(5-15-16-11(14)22)17-10-9(8(7)19-12)20-13(3,4)21-10/h5-10H,1-4H3,(H3,14,16,22)/b15-5-/t6-,7+,8+,9-,10-/m1/s1. The van der Waals surface area contributed by atoms with E-state index in [0.29, 0.717) is 0 Å². The van der Waals surface area contributed by atoms with Crippen LogP contribution in [0.3, 0.4) is 0 Å². The maximum atomic E-state index is 5.98. The van der Waals surface area contributed by atoms with E-state index in [4.69, 9.17) is 41.6 Å². The van der Waals surface area contributed by atoms with E-state index in [9.17, 15) is 0 Å². The van der Waals surface area contributed by atoms with E-state index in [1.165, 1.54) is 0 Å². The van der Waals surface area contributed by atoms with Crippen LogP contribution in [0, 0.1) is 0 Å². The lowest BCUT2D eigenvalue weighted by Crippen LogP contribution is -2.55. The minimum atomic E-state index is -0.737. The van der Waals surface area contributed by atoms with Crippen molar-refractivity contribution in [3.8, 4) is 0 Å². The van der Waals surface area contributed by atoms with Crippen LogP contribution in [0.5, 0.6) is 0 Å². The van der Waals surface area contributed by atoms with Crippen molar-refractivity contribution in [1.82, 2.24) is 5.43 Å². The summed E-state index contributed by atoms with van der Waals surface area (Å²) in [5.41, 5.74) is 7.84. The quantitative estimate of drug-likeness (QED) is 0.421. The van der Waals surface area contributed by atoms with E-state index >= 15 is 0 Å². The third-order valence-corrected chi connectivity index (χ3v) is 3.68. The van der Waals surface area contributed by atoms with Crippen LogP contribution in [-0.2, 0) is 23.7 Å². The van der Waals surface area contributed by atoms with E-state index in [1.807, 2.05) is 27.7 Å². The maximum Gasteiger partial charge on any atom is 0.190 e. The van der Waals surface area contributed by atoms with Crippen molar-refractivity contribution < 1.29 is 23.7 Å². The number of nitrogens with two attached hydrogens (primary N) is 1. The highest BCUT2D eigenvalue weighted by atomic mass is 32.1. The van der Waals surface area contributed by atoms with Crippen LogP contribution in [0.1, 0.15) is 27.7 Å². The predicted molar refractivity (Wildman–Crippen MR) is 80.9 cm³/mol. The molecule has 8 nitrogen and oxygen atoms in total. The Hall–Kier alpha value is -0.840. The minimum Gasteiger partial charge on any atom is -0.375 e. The fraction of sp³-hybridized carbons (Fsp3) is 0.846. The number of hydrogen-bond donors (Lipinski definition) is 2. The first-order chi connectivity index (χ1) is 10.2. The van der Waals surface area contributed by atoms with Crippen LogP contribution in [-0.4, -0.2) is 53.6 Å². The van der Waals surface area contributed by atoms with E-state index in [-0.39, 0.29) is 23.4 Å². The maximum absolute atomic E-state index is 5.98. The third kappa shape index (κ3) is 3.10. The highest BCUT2D eigenvalue weighted by Gasteiger charge is 2.60. The van der Waals surface area contributed by atoms with Crippen LogP contribution >= 0.6 is 12.2 Å². The molecule has 0 aromatic carbocycles. The Balaban J connectivity index is 1.81. The zero-order chi connectivity index (χ0) is 16.1. The molecule has 9 heteroatoms. The molecular weight excluding hydrogens is 310 g/mol. The minimum absolute atomic E-state index is 0.0759. The molecule has 3 fully saturated rings. The molecule has 5 atom stereocenters. The Bertz CT molecular complexity index is 498. The first-order valence-corrected chi connectivity index (χ1v) is 7.53. The highest BCUT2D eigenvalue weighted by molar-refractivity contribution is 7.80. The number of nitrogens with zero attached hydrogens (tertiary/aromatic N) is 1. The van der Waals surface area contributed by atoms with Gasteiger partial charge in [0.05, 0.1) is 6.21 Å². The van der Waals surface area contributed by atoms with Gasteiger partial charge in [0, 0.05) is 0 Å². The molecular formula is C13H21N3O5S. The van der Waals surface area contributed by atoms with Crippen molar-refractivity contribution in [1.29, 1.82) is 0 Å². The summed E-state index contributed by atoms with van der Waals surface area (Å²) in [6.07, 6.45) is -0.480. The number of nitrogens with one attached hydrogen (secondary N) is 1. The van der Waals surface area contributed by atoms with Crippen molar-refractivity contribution in [3.63, 3.8) is 0 Å². The molecule has 3 aliphatic rings. The van der Waals surface area contributed by atoms with Crippen molar-refractivity contribution in [2.24, 2.45) is 10.8 Å². The smallest absolute Gasteiger partial charge is 0.190 e. The van der Waals surface area contributed by atoms with Gasteiger partial charge in [0.1, 0.15) is 24.4 Å². The van der Waals surface area contributed by atoms with Crippen molar-refractivity contribution >= 4 is 23.5 Å². The molecule has 3 saturated heterocycles. The lowest BCUT2D eigenvalue weighted by molar-refractivity contribution is -0.217. The second-order valence-electron chi connectivity index (χ2n) is 6.39. The molecule has 3 rings (SSSR count). The van der Waals surface area contributed by atoms with Gasteiger partial charge in [0.25, 0.3) is 0 Å². The number of hydrazone groups is 1. The van der Waals surface area contributed by atoms with Crippen LogP contribution < -0.4 is 11.2 Å². The fourth-order valence-corrected chi connectivity index (χ4v) is 2.99. The summed E-state index contributed by atoms with van der Waals surface area (Å²) in [5, 5.41) is 4.03. The molecule has 0 amide bonds. The summed E-state index contributed by atoms with van der Waals surface area (Å²) in [6, 6.07) is 0. The second kappa shape index (κ2) is 5.36. The van der Waals surface area contributed by atoms with Crippen LogP contribution in [0.4, 0.5) is 0 Å². The molecule has 124 valence electrons. The Morgan fingerprint density at radius 3 is 2.32 bits per heavy atom. The van der Waals surface area contributed by atoms with Gasteiger partial charge in [0.2, 0.25) is 0 Å². The average Bonchev–Trinajstić information content (AvgIpc) is 2.83. The van der Waals surface area contributed by atoms with Crippen LogP contribution in [0.25, 0.3) is 0 Å².